The van der Waals surface area contributed by atoms with E-state index in [1.54, 1.807) is 0 Å². The highest BCUT2D eigenvalue weighted by atomic mass is 35.5. The number of carbonyl (C=O) groups excluding carboxylic acids is 2. The van der Waals surface area contributed by atoms with Crippen LogP contribution in [0.4, 0.5) is 14.9 Å². The van der Waals surface area contributed by atoms with Crippen molar-refractivity contribution in [2.24, 2.45) is 0 Å². The number of rotatable bonds is 5. The van der Waals surface area contributed by atoms with Crippen LogP contribution in [-0.2, 0) is 9.53 Å². The molecule has 0 radical (unpaired) electrons. The third kappa shape index (κ3) is 7.34. The molecule has 1 fully saturated rings. The Kier molecular flexibility index (Phi) is 7.44. The van der Waals surface area contributed by atoms with Gasteiger partial charge in [-0.15, -0.1) is 0 Å². The fourth-order valence-electron chi connectivity index (χ4n) is 2.98. The minimum atomic E-state index is -0.551. The second-order valence-corrected chi connectivity index (χ2v) is 8.08. The molecule has 1 atom stereocenters. The number of benzene rings is 1. The maximum Gasteiger partial charge on any atom is 0.407 e. The summed E-state index contributed by atoms with van der Waals surface area (Å²) < 4.78 is 18.4. The largest absolute Gasteiger partial charge is 0.444 e. The molecule has 1 aromatic rings. The van der Waals surface area contributed by atoms with Gasteiger partial charge in [0.15, 0.2) is 0 Å². The molecule has 1 aliphatic heterocycles. The molecule has 0 saturated carbocycles. The molecule has 8 heteroatoms. The highest BCUT2D eigenvalue weighted by Gasteiger charge is 2.26. The monoisotopic (exact) mass is 399 g/mol. The minimum Gasteiger partial charge on any atom is -0.444 e. The van der Waals surface area contributed by atoms with Crippen molar-refractivity contribution < 1.29 is 18.7 Å². The minimum absolute atomic E-state index is 0.0562. The van der Waals surface area contributed by atoms with Crippen molar-refractivity contribution in [3.8, 4) is 0 Å². The number of hydrogen-bond acceptors (Lipinski definition) is 4. The Morgan fingerprint density at radius 1 is 1.33 bits per heavy atom. The molecule has 0 bridgehead atoms. The first kappa shape index (κ1) is 21.4. The number of ether oxygens (including phenoxy) is 1. The third-order valence-electron chi connectivity index (χ3n) is 4.18. The van der Waals surface area contributed by atoms with E-state index in [1.165, 1.54) is 12.1 Å². The van der Waals surface area contributed by atoms with Crippen LogP contribution in [0.2, 0.25) is 5.02 Å². The molecule has 150 valence electrons. The van der Waals surface area contributed by atoms with E-state index in [4.69, 9.17) is 16.3 Å². The van der Waals surface area contributed by atoms with Gasteiger partial charge in [-0.25, -0.2) is 9.18 Å². The lowest BCUT2D eigenvalue weighted by molar-refractivity contribution is -0.118. The summed E-state index contributed by atoms with van der Waals surface area (Å²) in [5, 5.41) is 5.65. The Bertz CT molecular complexity index is 679. The topological polar surface area (TPSA) is 70.7 Å². The molecular formula is C19H27ClFN3O3. The van der Waals surface area contributed by atoms with Crippen LogP contribution < -0.4 is 10.6 Å². The van der Waals surface area contributed by atoms with Crippen LogP contribution in [0.3, 0.4) is 0 Å². The number of anilines is 1. The van der Waals surface area contributed by atoms with E-state index in [1.807, 2.05) is 25.7 Å². The Hall–Kier alpha value is -1.86. The normalized spacial score (nSPS) is 18.0. The van der Waals surface area contributed by atoms with Crippen molar-refractivity contribution >= 4 is 29.3 Å². The number of hydrogen-bond donors (Lipinski definition) is 2. The fraction of sp³-hybridized carbons (Fsp3) is 0.579. The number of amides is 2. The molecule has 27 heavy (non-hydrogen) atoms. The second kappa shape index (κ2) is 9.37. The van der Waals surface area contributed by atoms with E-state index in [0.29, 0.717) is 12.2 Å². The van der Waals surface area contributed by atoms with Gasteiger partial charge in [-0.2, -0.15) is 0 Å². The number of alkyl carbamates (subject to hydrolysis) is 1. The molecule has 2 rings (SSSR count). The number of likely N-dealkylation sites (tertiary alicyclic amines) is 1. The Balaban J connectivity index is 1.88. The quantitative estimate of drug-likeness (QED) is 0.790. The lowest BCUT2D eigenvalue weighted by atomic mass is 10.0. The van der Waals surface area contributed by atoms with Crippen LogP contribution in [0.1, 0.15) is 40.0 Å². The van der Waals surface area contributed by atoms with Gasteiger partial charge in [-0.05, 0) is 58.4 Å². The maximum atomic E-state index is 13.1. The lowest BCUT2D eigenvalue weighted by Gasteiger charge is -2.35. The first-order valence-electron chi connectivity index (χ1n) is 9.10. The summed E-state index contributed by atoms with van der Waals surface area (Å²) in [6.45, 7) is 6.79. The predicted octanol–water partition coefficient (Wildman–Crippen LogP) is 3.80. The molecular weight excluding hydrogens is 373 g/mol. The van der Waals surface area contributed by atoms with Crippen molar-refractivity contribution in [2.45, 2.75) is 51.7 Å². The third-order valence-corrected chi connectivity index (χ3v) is 4.49. The molecule has 1 aromatic carbocycles. The smallest absolute Gasteiger partial charge is 0.407 e. The van der Waals surface area contributed by atoms with Gasteiger partial charge < -0.3 is 15.4 Å². The van der Waals surface area contributed by atoms with E-state index < -0.39 is 17.5 Å². The summed E-state index contributed by atoms with van der Waals surface area (Å²) >= 11 is 5.95. The molecule has 1 heterocycles. The molecule has 2 N–H and O–H groups in total. The molecule has 6 nitrogen and oxygen atoms in total. The first-order chi connectivity index (χ1) is 12.6. The van der Waals surface area contributed by atoms with Gasteiger partial charge in [-0.3, -0.25) is 9.69 Å². The zero-order valence-electron chi connectivity index (χ0n) is 16.0. The maximum absolute atomic E-state index is 13.1. The zero-order chi connectivity index (χ0) is 20.0. The summed E-state index contributed by atoms with van der Waals surface area (Å²) in [6.07, 6.45) is 2.46. The Morgan fingerprint density at radius 2 is 2.07 bits per heavy atom. The summed E-state index contributed by atoms with van der Waals surface area (Å²) in [7, 11) is 0. The summed E-state index contributed by atoms with van der Waals surface area (Å²) in [5.74, 6) is -0.685. The van der Waals surface area contributed by atoms with Gasteiger partial charge in [0, 0.05) is 12.6 Å². The van der Waals surface area contributed by atoms with Crippen LogP contribution in [-0.4, -0.2) is 48.2 Å². The predicted molar refractivity (Wildman–Crippen MR) is 103 cm³/mol. The summed E-state index contributed by atoms with van der Waals surface area (Å²) in [5.41, 5.74) is -0.173. The first-order valence-corrected chi connectivity index (χ1v) is 9.47. The lowest BCUT2D eigenvalue weighted by Crippen LogP contribution is -2.49. The summed E-state index contributed by atoms with van der Waals surface area (Å²) in [4.78, 5) is 26.3. The van der Waals surface area contributed by atoms with Crippen molar-refractivity contribution in [3.05, 3.63) is 29.0 Å². The van der Waals surface area contributed by atoms with Crippen molar-refractivity contribution in [1.82, 2.24) is 10.2 Å². The van der Waals surface area contributed by atoms with E-state index in [2.05, 4.69) is 10.6 Å². The van der Waals surface area contributed by atoms with Crippen molar-refractivity contribution in [1.29, 1.82) is 0 Å². The average Bonchev–Trinajstić information content (AvgIpc) is 2.55. The molecule has 0 spiro atoms. The van der Waals surface area contributed by atoms with Crippen LogP contribution in [0, 0.1) is 5.82 Å². The highest BCUT2D eigenvalue weighted by Crippen LogP contribution is 2.23. The number of nitrogens with zero attached hydrogens (tertiary/aromatic N) is 1. The van der Waals surface area contributed by atoms with Crippen LogP contribution in [0.25, 0.3) is 0 Å². The van der Waals surface area contributed by atoms with Gasteiger partial charge in [0.2, 0.25) is 5.91 Å². The summed E-state index contributed by atoms with van der Waals surface area (Å²) in [6, 6.07) is 3.90. The fourth-order valence-corrected chi connectivity index (χ4v) is 3.19. The van der Waals surface area contributed by atoms with Gasteiger partial charge in [-0.1, -0.05) is 18.0 Å². The van der Waals surface area contributed by atoms with E-state index in [9.17, 15) is 14.0 Å². The van der Waals surface area contributed by atoms with E-state index in [-0.39, 0.29) is 23.5 Å². The molecule has 1 aliphatic rings. The van der Waals surface area contributed by atoms with E-state index in [0.717, 1.165) is 31.9 Å². The number of carbonyl (C=O) groups is 2. The Morgan fingerprint density at radius 3 is 2.74 bits per heavy atom. The van der Waals surface area contributed by atoms with Gasteiger partial charge >= 0.3 is 6.09 Å². The van der Waals surface area contributed by atoms with Crippen molar-refractivity contribution in [3.63, 3.8) is 0 Å². The SMILES string of the molecule is CC(C)(C)OC(=O)NCC1CCCCN1CC(=O)Nc1ccc(F)cc1Cl. The Labute approximate surface area is 164 Å². The van der Waals surface area contributed by atoms with Gasteiger partial charge in [0.25, 0.3) is 0 Å². The van der Waals surface area contributed by atoms with Crippen molar-refractivity contribution in [2.75, 3.05) is 25.0 Å². The molecule has 0 aliphatic carbocycles. The van der Waals surface area contributed by atoms with Gasteiger partial charge in [0.1, 0.15) is 11.4 Å². The molecule has 1 saturated heterocycles. The van der Waals surface area contributed by atoms with Crippen LogP contribution in [0.5, 0.6) is 0 Å². The number of piperidine rings is 1. The van der Waals surface area contributed by atoms with Crippen LogP contribution in [0.15, 0.2) is 18.2 Å². The molecule has 2 amide bonds. The number of nitrogens with one attached hydrogen (secondary N) is 2. The highest BCUT2D eigenvalue weighted by molar-refractivity contribution is 6.33. The molecule has 0 aromatic heterocycles. The standard InChI is InChI=1S/C19H27ClFN3O3/c1-19(2,3)27-18(26)22-11-14-6-4-5-9-24(14)12-17(25)23-16-8-7-13(21)10-15(16)20/h7-8,10,14H,4-6,9,11-12H2,1-3H3,(H,22,26)(H,23,25). The van der Waals surface area contributed by atoms with E-state index >= 15 is 0 Å². The zero-order valence-corrected chi connectivity index (χ0v) is 16.7. The average molecular weight is 400 g/mol. The van der Waals surface area contributed by atoms with Gasteiger partial charge in [0.05, 0.1) is 17.3 Å². The van der Waals surface area contributed by atoms with Crippen LogP contribution >= 0.6 is 11.6 Å². The second-order valence-electron chi connectivity index (χ2n) is 7.68. The number of halogens is 2. The molecule has 1 unspecified atom stereocenters.